The Morgan fingerprint density at radius 3 is 2.21 bits per heavy atom. The van der Waals surface area contributed by atoms with Gasteiger partial charge < -0.3 is 19.1 Å². The summed E-state index contributed by atoms with van der Waals surface area (Å²) >= 11 is 0. The van der Waals surface area contributed by atoms with Crippen LogP contribution in [0.4, 0.5) is 0 Å². The first kappa shape index (κ1) is 18.1. The number of benzene rings is 1. The van der Waals surface area contributed by atoms with E-state index in [0.717, 1.165) is 38.8 Å². The lowest BCUT2D eigenvalue weighted by molar-refractivity contribution is -0.153. The molecule has 6 heteroatoms. The molecule has 1 aromatic rings. The second-order valence-electron chi connectivity index (χ2n) is 5.62. The van der Waals surface area contributed by atoms with Gasteiger partial charge in [-0.1, -0.05) is 25.0 Å². The van der Waals surface area contributed by atoms with E-state index < -0.39 is 5.97 Å². The van der Waals surface area contributed by atoms with Gasteiger partial charge in [-0.3, -0.25) is 4.79 Å². The number of rotatable bonds is 7. The molecule has 0 aliphatic carbocycles. The van der Waals surface area contributed by atoms with E-state index in [-0.39, 0.29) is 19.1 Å². The van der Waals surface area contributed by atoms with Gasteiger partial charge in [-0.2, -0.15) is 0 Å². The first-order valence-corrected chi connectivity index (χ1v) is 8.48. The van der Waals surface area contributed by atoms with E-state index in [4.69, 9.17) is 14.2 Å². The van der Waals surface area contributed by atoms with Gasteiger partial charge in [0, 0.05) is 13.1 Å². The molecule has 1 aliphatic rings. The summed E-state index contributed by atoms with van der Waals surface area (Å²) in [5, 5.41) is 0. The van der Waals surface area contributed by atoms with E-state index in [9.17, 15) is 9.59 Å². The average molecular weight is 335 g/mol. The number of hydrogen-bond donors (Lipinski definition) is 0. The number of hydrogen-bond acceptors (Lipinski definition) is 5. The van der Waals surface area contributed by atoms with Gasteiger partial charge in [-0.25, -0.2) is 4.79 Å². The van der Waals surface area contributed by atoms with Gasteiger partial charge in [0.15, 0.2) is 24.7 Å². The fourth-order valence-corrected chi connectivity index (χ4v) is 2.58. The number of carbonyl (C=O) groups excluding carboxylic acids is 2. The summed E-state index contributed by atoms with van der Waals surface area (Å²) in [5.41, 5.74) is 0. The van der Waals surface area contributed by atoms with Gasteiger partial charge in [0.1, 0.15) is 0 Å². The topological polar surface area (TPSA) is 65.1 Å². The fraction of sp³-hybridized carbons (Fsp3) is 0.556. The molecular weight excluding hydrogens is 310 g/mol. The third-order valence-electron chi connectivity index (χ3n) is 3.81. The van der Waals surface area contributed by atoms with E-state index in [1.807, 2.05) is 13.0 Å². The van der Waals surface area contributed by atoms with Crippen molar-refractivity contribution in [1.29, 1.82) is 0 Å². The largest absolute Gasteiger partial charge is 0.490 e. The summed E-state index contributed by atoms with van der Waals surface area (Å²) in [5.74, 6) is 0.355. The molecule has 0 atom stereocenters. The molecule has 1 heterocycles. The lowest BCUT2D eigenvalue weighted by atomic mass is 10.2. The van der Waals surface area contributed by atoms with Crippen LogP contribution in [-0.4, -0.2) is 49.7 Å². The van der Waals surface area contributed by atoms with Gasteiger partial charge in [-0.15, -0.1) is 0 Å². The molecule has 0 radical (unpaired) electrons. The van der Waals surface area contributed by atoms with Crippen molar-refractivity contribution in [3.8, 4) is 11.5 Å². The Bertz CT molecular complexity index is 538. The molecule has 132 valence electrons. The number of amides is 1. The number of ether oxygens (including phenoxy) is 3. The Labute approximate surface area is 142 Å². The van der Waals surface area contributed by atoms with E-state index in [1.165, 1.54) is 0 Å². The van der Waals surface area contributed by atoms with Crippen molar-refractivity contribution in [1.82, 2.24) is 4.90 Å². The van der Waals surface area contributed by atoms with Crippen molar-refractivity contribution in [3.05, 3.63) is 24.3 Å². The highest BCUT2D eigenvalue weighted by molar-refractivity contribution is 5.81. The average Bonchev–Trinajstić information content (AvgIpc) is 2.88. The van der Waals surface area contributed by atoms with Gasteiger partial charge in [0.25, 0.3) is 5.91 Å². The van der Waals surface area contributed by atoms with Crippen molar-refractivity contribution in [3.63, 3.8) is 0 Å². The predicted molar refractivity (Wildman–Crippen MR) is 89.1 cm³/mol. The minimum absolute atomic E-state index is 0.139. The molecule has 2 rings (SSSR count). The Kier molecular flexibility index (Phi) is 7.39. The van der Waals surface area contributed by atoms with Gasteiger partial charge >= 0.3 is 5.97 Å². The van der Waals surface area contributed by atoms with E-state index in [1.54, 1.807) is 23.1 Å². The number of likely N-dealkylation sites (tertiary alicyclic amines) is 1. The van der Waals surface area contributed by atoms with Crippen LogP contribution in [0.5, 0.6) is 11.5 Å². The standard InChI is InChI=1S/C18H25NO5/c1-2-22-15-9-5-6-10-16(15)23-14-18(21)24-13-17(20)19-11-7-3-4-8-12-19/h5-6,9-10H,2-4,7-8,11-14H2,1H3. The van der Waals surface area contributed by atoms with Crippen LogP contribution in [0.15, 0.2) is 24.3 Å². The zero-order valence-electron chi connectivity index (χ0n) is 14.2. The molecule has 1 aromatic carbocycles. The molecule has 0 N–H and O–H groups in total. The van der Waals surface area contributed by atoms with Crippen LogP contribution in [0.3, 0.4) is 0 Å². The van der Waals surface area contributed by atoms with Gasteiger partial charge in [0.2, 0.25) is 0 Å². The van der Waals surface area contributed by atoms with Crippen LogP contribution >= 0.6 is 0 Å². The molecule has 1 saturated heterocycles. The highest BCUT2D eigenvalue weighted by atomic mass is 16.6. The summed E-state index contributed by atoms with van der Waals surface area (Å²) in [6.45, 7) is 3.39. The van der Waals surface area contributed by atoms with Crippen LogP contribution in [-0.2, 0) is 14.3 Å². The molecular formula is C18H25NO5. The van der Waals surface area contributed by atoms with Crippen molar-refractivity contribution < 1.29 is 23.8 Å². The summed E-state index contributed by atoms with van der Waals surface area (Å²) in [6.07, 6.45) is 4.32. The Morgan fingerprint density at radius 2 is 1.58 bits per heavy atom. The number of carbonyl (C=O) groups is 2. The van der Waals surface area contributed by atoms with E-state index >= 15 is 0 Å². The van der Waals surface area contributed by atoms with Crippen molar-refractivity contribution in [2.45, 2.75) is 32.6 Å². The summed E-state index contributed by atoms with van der Waals surface area (Å²) in [4.78, 5) is 25.6. The molecule has 0 aromatic heterocycles. The quantitative estimate of drug-likeness (QED) is 0.716. The zero-order valence-corrected chi connectivity index (χ0v) is 14.2. The molecule has 1 aliphatic heterocycles. The Hall–Kier alpha value is -2.24. The molecule has 0 saturated carbocycles. The summed E-state index contributed by atoms with van der Waals surface area (Å²) in [7, 11) is 0. The normalized spacial score (nSPS) is 14.6. The van der Waals surface area contributed by atoms with Crippen LogP contribution in [0.25, 0.3) is 0 Å². The molecule has 0 spiro atoms. The third kappa shape index (κ3) is 5.76. The van der Waals surface area contributed by atoms with Gasteiger partial charge in [-0.05, 0) is 31.9 Å². The van der Waals surface area contributed by atoms with Crippen molar-refractivity contribution >= 4 is 11.9 Å². The minimum Gasteiger partial charge on any atom is -0.490 e. The number of nitrogens with zero attached hydrogens (tertiary/aromatic N) is 1. The van der Waals surface area contributed by atoms with Crippen LogP contribution in [0.1, 0.15) is 32.6 Å². The molecule has 0 unspecified atom stereocenters. The maximum absolute atomic E-state index is 12.1. The number of para-hydroxylation sites is 2. The maximum atomic E-state index is 12.1. The Balaban J connectivity index is 1.74. The molecule has 24 heavy (non-hydrogen) atoms. The van der Waals surface area contributed by atoms with Crippen LogP contribution in [0, 0.1) is 0 Å². The maximum Gasteiger partial charge on any atom is 0.344 e. The van der Waals surface area contributed by atoms with Crippen molar-refractivity contribution in [2.24, 2.45) is 0 Å². The highest BCUT2D eigenvalue weighted by Crippen LogP contribution is 2.26. The summed E-state index contributed by atoms with van der Waals surface area (Å²) in [6, 6.07) is 7.12. The second-order valence-corrected chi connectivity index (χ2v) is 5.62. The summed E-state index contributed by atoms with van der Waals surface area (Å²) < 4.78 is 15.9. The first-order valence-electron chi connectivity index (χ1n) is 8.48. The smallest absolute Gasteiger partial charge is 0.344 e. The van der Waals surface area contributed by atoms with Gasteiger partial charge in [0.05, 0.1) is 6.61 Å². The van der Waals surface area contributed by atoms with Crippen molar-refractivity contribution in [2.75, 3.05) is 32.9 Å². The SMILES string of the molecule is CCOc1ccccc1OCC(=O)OCC(=O)N1CCCCCC1. The molecule has 1 fully saturated rings. The molecule has 1 amide bonds. The molecule has 6 nitrogen and oxygen atoms in total. The molecule has 0 bridgehead atoms. The highest BCUT2D eigenvalue weighted by Gasteiger charge is 2.17. The monoisotopic (exact) mass is 335 g/mol. The van der Waals surface area contributed by atoms with Crippen LogP contribution < -0.4 is 9.47 Å². The minimum atomic E-state index is -0.565. The lowest BCUT2D eigenvalue weighted by Gasteiger charge is -2.20. The zero-order chi connectivity index (χ0) is 17.2. The lowest BCUT2D eigenvalue weighted by Crippen LogP contribution is -2.35. The third-order valence-corrected chi connectivity index (χ3v) is 3.81. The predicted octanol–water partition coefficient (Wildman–Crippen LogP) is 2.41. The van der Waals surface area contributed by atoms with E-state index in [0.29, 0.717) is 18.1 Å². The second kappa shape index (κ2) is 9.80. The van der Waals surface area contributed by atoms with Crippen LogP contribution in [0.2, 0.25) is 0 Å². The number of esters is 1. The fourth-order valence-electron chi connectivity index (χ4n) is 2.58. The first-order chi connectivity index (χ1) is 11.7. The Morgan fingerprint density at radius 1 is 0.958 bits per heavy atom. The van der Waals surface area contributed by atoms with E-state index in [2.05, 4.69) is 0 Å².